The van der Waals surface area contributed by atoms with E-state index in [1.807, 2.05) is 0 Å². The number of nitro groups is 1. The number of hydrogen-bond donors (Lipinski definition) is 1. The molecule has 30 heavy (non-hydrogen) atoms. The van der Waals surface area contributed by atoms with Gasteiger partial charge in [-0.1, -0.05) is 14.9 Å². The highest BCUT2D eigenvalue weighted by Crippen LogP contribution is 2.22. The molecule has 166 valence electrons. The molecule has 0 amide bonds. The van der Waals surface area contributed by atoms with E-state index < -0.39 is 51.4 Å². The minimum Gasteiger partial charge on any atom is -0.465 e. The summed E-state index contributed by atoms with van der Waals surface area (Å²) in [6.07, 6.45) is 0. The maximum Gasteiger partial charge on any atom is 0.345 e. The number of halogens is 4. The van der Waals surface area contributed by atoms with Gasteiger partial charge in [0.1, 0.15) is 5.56 Å². The van der Waals surface area contributed by atoms with E-state index in [0.717, 1.165) is 20.3 Å². The molecule has 0 saturated carbocycles. The van der Waals surface area contributed by atoms with Crippen LogP contribution in [0.15, 0.2) is 24.3 Å². The van der Waals surface area contributed by atoms with E-state index in [1.165, 1.54) is 0 Å². The van der Waals surface area contributed by atoms with Crippen LogP contribution in [0.4, 0.5) is 28.9 Å². The zero-order valence-corrected chi connectivity index (χ0v) is 14.3. The quantitative estimate of drug-likeness (QED) is 0.251. The molecule has 0 fully saturated rings. The van der Waals surface area contributed by atoms with E-state index in [-0.39, 0.29) is 26.1 Å². The first-order valence-corrected chi connectivity index (χ1v) is 7.08. The van der Waals surface area contributed by atoms with Crippen LogP contribution >= 0.6 is 0 Å². The number of anilines is 1. The molecule has 0 radical (unpaired) electrons. The van der Waals surface area contributed by atoms with Crippen molar-refractivity contribution in [1.82, 2.24) is 0 Å². The summed E-state index contributed by atoms with van der Waals surface area (Å²) in [6.45, 7) is 0. The van der Waals surface area contributed by atoms with Crippen molar-refractivity contribution in [2.75, 3.05) is 20.0 Å². The normalized spacial score (nSPS) is 9.13. The molecule has 0 atom stereocenters. The average molecular weight is 436 g/mol. The van der Waals surface area contributed by atoms with Gasteiger partial charge in [0, 0.05) is 11.8 Å². The van der Waals surface area contributed by atoms with Crippen molar-refractivity contribution < 1.29 is 41.5 Å². The summed E-state index contributed by atoms with van der Waals surface area (Å²) in [5.74, 6) is -6.85. The Morgan fingerprint density at radius 2 is 1.20 bits per heavy atom. The summed E-state index contributed by atoms with van der Waals surface area (Å²) in [5, 5.41) is 10.4. The summed E-state index contributed by atoms with van der Waals surface area (Å²) < 4.78 is 59.0. The van der Waals surface area contributed by atoms with Gasteiger partial charge in [-0.05, 0) is 12.1 Å². The number of nitro benzene ring substituents is 1. The third-order valence-electron chi connectivity index (χ3n) is 3.14. The fraction of sp³-hybridized carbons (Fsp3) is 0.222. The SMILES string of the molecule is C.C.COC(=O)c1cc(F)c(F)cc1N.COC(=O)c1cc(F)c(F)cc1[N+](=O)[O-]. The summed E-state index contributed by atoms with van der Waals surface area (Å²) in [5.41, 5.74) is 3.48. The molecule has 2 rings (SSSR count). The minimum absolute atomic E-state index is 0. The van der Waals surface area contributed by atoms with Crippen molar-refractivity contribution in [2.24, 2.45) is 0 Å². The number of nitrogen functional groups attached to an aromatic ring is 1. The number of esters is 2. The number of methoxy groups -OCH3 is 2. The largest absolute Gasteiger partial charge is 0.465 e. The number of rotatable bonds is 3. The molecular formula is C18H20F4N2O6. The Labute approximate surface area is 169 Å². The maximum atomic E-state index is 12.7. The van der Waals surface area contributed by atoms with Gasteiger partial charge in [0.25, 0.3) is 5.69 Å². The number of nitrogens with zero attached hydrogens (tertiary/aromatic N) is 1. The van der Waals surface area contributed by atoms with Gasteiger partial charge in [-0.3, -0.25) is 10.1 Å². The Hall–Kier alpha value is -3.70. The lowest BCUT2D eigenvalue weighted by Gasteiger charge is -2.03. The minimum atomic E-state index is -1.39. The molecule has 0 aliphatic carbocycles. The van der Waals surface area contributed by atoms with Gasteiger partial charge in [0.2, 0.25) is 0 Å². The maximum absolute atomic E-state index is 12.7. The molecule has 0 aliphatic heterocycles. The van der Waals surface area contributed by atoms with Crippen molar-refractivity contribution in [1.29, 1.82) is 0 Å². The van der Waals surface area contributed by atoms with Gasteiger partial charge in [-0.25, -0.2) is 27.2 Å². The van der Waals surface area contributed by atoms with Gasteiger partial charge in [-0.15, -0.1) is 0 Å². The second kappa shape index (κ2) is 12.0. The summed E-state index contributed by atoms with van der Waals surface area (Å²) in [4.78, 5) is 31.3. The molecule has 0 unspecified atom stereocenters. The topological polar surface area (TPSA) is 122 Å². The molecule has 8 nitrogen and oxygen atoms in total. The average Bonchev–Trinajstić information content (AvgIpc) is 2.65. The third kappa shape index (κ3) is 6.72. The molecule has 2 N–H and O–H groups in total. The van der Waals surface area contributed by atoms with E-state index in [4.69, 9.17) is 5.73 Å². The number of carbonyl (C=O) groups is 2. The monoisotopic (exact) mass is 436 g/mol. The van der Waals surface area contributed by atoms with Crippen LogP contribution in [0.25, 0.3) is 0 Å². The number of hydrogen-bond acceptors (Lipinski definition) is 7. The Bertz CT molecular complexity index is 937. The lowest BCUT2D eigenvalue weighted by molar-refractivity contribution is -0.385. The predicted molar refractivity (Wildman–Crippen MR) is 99.9 cm³/mol. The van der Waals surface area contributed by atoms with E-state index in [9.17, 15) is 37.3 Å². The number of carbonyl (C=O) groups excluding carboxylic acids is 2. The Kier molecular flexibility index (Phi) is 11.4. The van der Waals surface area contributed by atoms with Crippen molar-refractivity contribution >= 4 is 23.3 Å². The van der Waals surface area contributed by atoms with E-state index in [1.54, 1.807) is 0 Å². The van der Waals surface area contributed by atoms with E-state index >= 15 is 0 Å². The van der Waals surface area contributed by atoms with Gasteiger partial charge >= 0.3 is 11.9 Å². The summed E-state index contributed by atoms with van der Waals surface area (Å²) >= 11 is 0. The van der Waals surface area contributed by atoms with Crippen LogP contribution in [0.1, 0.15) is 35.6 Å². The fourth-order valence-electron chi connectivity index (χ4n) is 1.81. The van der Waals surface area contributed by atoms with Crippen LogP contribution in [0.2, 0.25) is 0 Å². The fourth-order valence-corrected chi connectivity index (χ4v) is 1.81. The van der Waals surface area contributed by atoms with Crippen LogP contribution in [-0.2, 0) is 9.47 Å². The lowest BCUT2D eigenvalue weighted by atomic mass is 10.1. The molecule has 0 spiro atoms. The molecule has 0 aromatic heterocycles. The van der Waals surface area contributed by atoms with Gasteiger partial charge in [0.15, 0.2) is 23.3 Å². The van der Waals surface area contributed by atoms with Crippen molar-refractivity contribution in [3.05, 3.63) is 68.8 Å². The first-order valence-electron chi connectivity index (χ1n) is 7.08. The Balaban J connectivity index is 0. The standard InChI is InChI=1S/C8H5F2NO4.C8H7F2NO2.2CH4/c1-15-8(12)4-2-5(9)6(10)3-7(4)11(13)14;1-13-8(12)4-2-5(9)6(10)3-7(4)11;;/h2-3H,1H3;2-3H,11H2,1H3;2*1H4. The van der Waals surface area contributed by atoms with Crippen LogP contribution in [-0.4, -0.2) is 31.1 Å². The lowest BCUT2D eigenvalue weighted by Crippen LogP contribution is -2.07. The molecule has 0 saturated heterocycles. The smallest absolute Gasteiger partial charge is 0.345 e. The highest BCUT2D eigenvalue weighted by atomic mass is 19.2. The van der Waals surface area contributed by atoms with Crippen LogP contribution in [0.5, 0.6) is 0 Å². The highest BCUT2D eigenvalue weighted by molar-refractivity contribution is 5.95. The zero-order chi connectivity index (χ0) is 21.6. The van der Waals surface area contributed by atoms with Gasteiger partial charge < -0.3 is 15.2 Å². The third-order valence-corrected chi connectivity index (χ3v) is 3.14. The summed E-state index contributed by atoms with van der Waals surface area (Å²) in [7, 11) is 2.11. The highest BCUT2D eigenvalue weighted by Gasteiger charge is 2.24. The van der Waals surface area contributed by atoms with Gasteiger partial charge in [0.05, 0.1) is 30.8 Å². The number of benzene rings is 2. The predicted octanol–water partition coefficient (Wildman–Crippen LogP) is 4.27. The zero-order valence-electron chi connectivity index (χ0n) is 14.3. The molecule has 0 aliphatic rings. The molecular weight excluding hydrogens is 416 g/mol. The Morgan fingerprint density at radius 1 is 0.833 bits per heavy atom. The molecule has 0 bridgehead atoms. The van der Waals surface area contributed by atoms with Crippen LogP contribution < -0.4 is 5.73 Å². The number of ether oxygens (including phenoxy) is 2. The summed E-state index contributed by atoms with van der Waals surface area (Å²) in [6, 6.07) is 2.21. The first-order chi connectivity index (χ1) is 13.0. The first kappa shape index (κ1) is 28.5. The van der Waals surface area contributed by atoms with Gasteiger partial charge in [-0.2, -0.15) is 0 Å². The molecule has 2 aromatic carbocycles. The van der Waals surface area contributed by atoms with Crippen LogP contribution in [0, 0.1) is 33.4 Å². The second-order valence-corrected chi connectivity index (χ2v) is 4.88. The second-order valence-electron chi connectivity index (χ2n) is 4.88. The van der Waals surface area contributed by atoms with E-state index in [0.29, 0.717) is 18.2 Å². The molecule has 12 heteroatoms. The molecule has 0 heterocycles. The number of nitrogens with two attached hydrogens (primary N) is 1. The van der Waals surface area contributed by atoms with Crippen LogP contribution in [0.3, 0.4) is 0 Å². The van der Waals surface area contributed by atoms with E-state index in [2.05, 4.69) is 9.47 Å². The van der Waals surface area contributed by atoms with Crippen molar-refractivity contribution in [3.63, 3.8) is 0 Å². The van der Waals surface area contributed by atoms with Crippen molar-refractivity contribution in [3.8, 4) is 0 Å². The molecule has 2 aromatic rings. The van der Waals surface area contributed by atoms with Crippen molar-refractivity contribution in [2.45, 2.75) is 14.9 Å². The Morgan fingerprint density at radius 3 is 1.63 bits per heavy atom.